The van der Waals surface area contributed by atoms with Crippen molar-refractivity contribution in [1.82, 2.24) is 5.32 Å². The number of carboxylic acids is 1. The molecule has 6 nitrogen and oxygen atoms in total. The second-order valence-electron chi connectivity index (χ2n) is 6.48. The Morgan fingerprint density at radius 1 is 1.20 bits per heavy atom. The van der Waals surface area contributed by atoms with Crippen molar-refractivity contribution in [3.63, 3.8) is 0 Å². The first-order valence-corrected chi connectivity index (χ1v) is 7.70. The molecular weight excluding hydrogens is 336 g/mol. The molecule has 138 valence electrons. The number of ketones is 1. The van der Waals surface area contributed by atoms with E-state index in [9.17, 15) is 23.2 Å². The Morgan fingerprint density at radius 3 is 2.36 bits per heavy atom. The molecule has 0 spiro atoms. The van der Waals surface area contributed by atoms with Crippen LogP contribution in [0.4, 0.5) is 13.6 Å². The topological polar surface area (TPSA) is 92.7 Å². The molecule has 0 aliphatic rings. The minimum Gasteiger partial charge on any atom is -0.480 e. The van der Waals surface area contributed by atoms with Crippen molar-refractivity contribution in [2.24, 2.45) is 0 Å². The van der Waals surface area contributed by atoms with Crippen LogP contribution >= 0.6 is 0 Å². The van der Waals surface area contributed by atoms with Gasteiger partial charge >= 0.3 is 12.1 Å². The van der Waals surface area contributed by atoms with E-state index in [0.717, 1.165) is 18.2 Å². The number of aliphatic carboxylic acids is 1. The summed E-state index contributed by atoms with van der Waals surface area (Å²) in [7, 11) is 0. The SMILES string of the molecule is CC(C)(C)OC(=O)N[C@H](CCCC(=O)c1ccc(F)c(F)c1)C(=O)O. The molecule has 1 aromatic carbocycles. The molecule has 1 amide bonds. The van der Waals surface area contributed by atoms with Crippen molar-refractivity contribution in [3.05, 3.63) is 35.4 Å². The average Bonchev–Trinajstić information content (AvgIpc) is 2.46. The molecule has 2 N–H and O–H groups in total. The lowest BCUT2D eigenvalue weighted by Gasteiger charge is -2.21. The van der Waals surface area contributed by atoms with Crippen LogP contribution < -0.4 is 5.32 Å². The van der Waals surface area contributed by atoms with E-state index in [1.807, 2.05) is 0 Å². The van der Waals surface area contributed by atoms with Crippen LogP contribution in [-0.2, 0) is 9.53 Å². The zero-order valence-electron chi connectivity index (χ0n) is 14.3. The van der Waals surface area contributed by atoms with Crippen LogP contribution in [0, 0.1) is 11.6 Å². The lowest BCUT2D eigenvalue weighted by molar-refractivity contribution is -0.139. The number of carboxylic acid groups (broad SMARTS) is 1. The number of alkyl carbamates (subject to hydrolysis) is 1. The molecule has 0 bridgehead atoms. The van der Waals surface area contributed by atoms with E-state index in [1.54, 1.807) is 20.8 Å². The molecule has 0 heterocycles. The fourth-order valence-corrected chi connectivity index (χ4v) is 1.99. The Morgan fingerprint density at radius 2 is 1.84 bits per heavy atom. The van der Waals surface area contributed by atoms with Gasteiger partial charge in [0.1, 0.15) is 11.6 Å². The number of halogens is 2. The van der Waals surface area contributed by atoms with Gasteiger partial charge in [0.2, 0.25) is 0 Å². The van der Waals surface area contributed by atoms with Crippen LogP contribution in [0.25, 0.3) is 0 Å². The highest BCUT2D eigenvalue weighted by molar-refractivity contribution is 5.96. The summed E-state index contributed by atoms with van der Waals surface area (Å²) in [6.07, 6.45) is -0.800. The minimum absolute atomic E-state index is 0.00544. The van der Waals surface area contributed by atoms with Gasteiger partial charge in [0, 0.05) is 12.0 Å². The lowest BCUT2D eigenvalue weighted by Crippen LogP contribution is -2.43. The number of ether oxygens (including phenoxy) is 1. The molecule has 1 atom stereocenters. The van der Waals surface area contributed by atoms with Gasteiger partial charge in [-0.1, -0.05) is 0 Å². The van der Waals surface area contributed by atoms with Gasteiger partial charge in [0.15, 0.2) is 17.4 Å². The van der Waals surface area contributed by atoms with Crippen molar-refractivity contribution in [2.45, 2.75) is 51.7 Å². The van der Waals surface area contributed by atoms with Crippen LogP contribution in [0.5, 0.6) is 0 Å². The number of hydrogen-bond donors (Lipinski definition) is 2. The summed E-state index contributed by atoms with van der Waals surface area (Å²) in [6, 6.07) is 1.60. The smallest absolute Gasteiger partial charge is 0.408 e. The number of rotatable bonds is 7. The number of carbonyl (C=O) groups is 3. The van der Waals surface area contributed by atoms with Gasteiger partial charge in [-0.05, 0) is 51.8 Å². The van der Waals surface area contributed by atoms with Gasteiger partial charge in [-0.2, -0.15) is 0 Å². The average molecular weight is 357 g/mol. The van der Waals surface area contributed by atoms with E-state index < -0.39 is 41.1 Å². The predicted molar refractivity (Wildman–Crippen MR) is 85.3 cm³/mol. The van der Waals surface area contributed by atoms with Crippen molar-refractivity contribution in [1.29, 1.82) is 0 Å². The molecule has 0 saturated carbocycles. The van der Waals surface area contributed by atoms with E-state index in [2.05, 4.69) is 5.32 Å². The third kappa shape index (κ3) is 7.28. The van der Waals surface area contributed by atoms with E-state index in [4.69, 9.17) is 9.84 Å². The van der Waals surface area contributed by atoms with Crippen LogP contribution in [0.15, 0.2) is 18.2 Å². The van der Waals surface area contributed by atoms with E-state index in [-0.39, 0.29) is 24.8 Å². The van der Waals surface area contributed by atoms with Crippen LogP contribution in [0.2, 0.25) is 0 Å². The molecular formula is C17H21F2NO5. The molecule has 25 heavy (non-hydrogen) atoms. The van der Waals surface area contributed by atoms with Gasteiger partial charge in [-0.15, -0.1) is 0 Å². The summed E-state index contributed by atoms with van der Waals surface area (Å²) in [5, 5.41) is 11.3. The molecule has 0 radical (unpaired) electrons. The Kier molecular flexibility index (Phi) is 7.02. The highest BCUT2D eigenvalue weighted by Gasteiger charge is 2.24. The molecule has 8 heteroatoms. The van der Waals surface area contributed by atoms with Crippen molar-refractivity contribution >= 4 is 17.8 Å². The highest BCUT2D eigenvalue weighted by atomic mass is 19.2. The largest absolute Gasteiger partial charge is 0.480 e. The first-order chi connectivity index (χ1) is 11.5. The fourth-order valence-electron chi connectivity index (χ4n) is 1.99. The quantitative estimate of drug-likeness (QED) is 0.731. The number of carbonyl (C=O) groups excluding carboxylic acids is 2. The van der Waals surface area contributed by atoms with Gasteiger partial charge in [0.25, 0.3) is 0 Å². The Labute approximate surface area is 144 Å². The van der Waals surface area contributed by atoms with Crippen molar-refractivity contribution in [2.75, 3.05) is 0 Å². The number of benzene rings is 1. The maximum Gasteiger partial charge on any atom is 0.408 e. The molecule has 0 aliphatic heterocycles. The standard InChI is InChI=1S/C17H21F2NO5/c1-17(2,3)25-16(24)20-13(15(22)23)5-4-6-14(21)10-7-8-11(18)12(19)9-10/h7-9,13H,4-6H2,1-3H3,(H,20,24)(H,22,23)/t13-/m1/s1. The predicted octanol–water partition coefficient (Wildman–Crippen LogP) is 3.30. The number of amides is 1. The van der Waals surface area contributed by atoms with Crippen LogP contribution in [0.3, 0.4) is 0 Å². The summed E-state index contributed by atoms with van der Waals surface area (Å²) >= 11 is 0. The summed E-state index contributed by atoms with van der Waals surface area (Å²) in [6.45, 7) is 4.93. The summed E-state index contributed by atoms with van der Waals surface area (Å²) < 4.78 is 30.9. The molecule has 0 fully saturated rings. The van der Waals surface area contributed by atoms with Crippen molar-refractivity contribution < 1.29 is 33.0 Å². The normalized spacial score (nSPS) is 12.4. The zero-order valence-corrected chi connectivity index (χ0v) is 14.3. The Hall–Kier alpha value is -2.51. The van der Waals surface area contributed by atoms with Crippen molar-refractivity contribution in [3.8, 4) is 0 Å². The van der Waals surface area contributed by atoms with Gasteiger partial charge in [-0.25, -0.2) is 18.4 Å². The minimum atomic E-state index is -1.26. The highest BCUT2D eigenvalue weighted by Crippen LogP contribution is 2.13. The number of hydrogen-bond acceptors (Lipinski definition) is 4. The first-order valence-electron chi connectivity index (χ1n) is 7.70. The Bertz CT molecular complexity index is 655. The van der Waals surface area contributed by atoms with Gasteiger partial charge < -0.3 is 15.2 Å². The van der Waals surface area contributed by atoms with Crippen LogP contribution in [0.1, 0.15) is 50.4 Å². The van der Waals surface area contributed by atoms with Gasteiger partial charge in [-0.3, -0.25) is 4.79 Å². The molecule has 1 aromatic rings. The van der Waals surface area contributed by atoms with E-state index >= 15 is 0 Å². The van der Waals surface area contributed by atoms with Crippen LogP contribution in [-0.4, -0.2) is 34.6 Å². The molecule has 0 aliphatic carbocycles. The van der Waals surface area contributed by atoms with E-state index in [1.165, 1.54) is 0 Å². The first kappa shape index (κ1) is 20.5. The third-order valence-electron chi connectivity index (χ3n) is 3.13. The third-order valence-corrected chi connectivity index (χ3v) is 3.13. The second-order valence-corrected chi connectivity index (χ2v) is 6.48. The lowest BCUT2D eigenvalue weighted by atomic mass is 10.0. The molecule has 0 saturated heterocycles. The fraction of sp³-hybridized carbons (Fsp3) is 0.471. The number of nitrogens with one attached hydrogen (secondary N) is 1. The maximum atomic E-state index is 13.1. The molecule has 0 aromatic heterocycles. The number of Topliss-reactive ketones (excluding diaryl/α,β-unsaturated/α-hetero) is 1. The maximum absolute atomic E-state index is 13.1. The monoisotopic (exact) mass is 357 g/mol. The summed E-state index contributed by atoms with van der Waals surface area (Å²) in [4.78, 5) is 34.7. The molecule has 0 unspecified atom stereocenters. The summed E-state index contributed by atoms with van der Waals surface area (Å²) in [5.41, 5.74) is -0.763. The second kappa shape index (κ2) is 8.55. The Balaban J connectivity index is 2.55. The molecule has 1 rings (SSSR count). The van der Waals surface area contributed by atoms with E-state index in [0.29, 0.717) is 0 Å². The summed E-state index contributed by atoms with van der Waals surface area (Å²) in [5.74, 6) is -3.88. The van der Waals surface area contributed by atoms with Gasteiger partial charge in [0.05, 0.1) is 0 Å². The zero-order chi connectivity index (χ0) is 19.2.